The molecule has 0 bridgehead atoms. The second-order valence-electron chi connectivity index (χ2n) is 4.14. The molecule has 0 radical (unpaired) electrons. The van der Waals surface area contributed by atoms with Gasteiger partial charge in [0, 0.05) is 13.2 Å². The van der Waals surface area contributed by atoms with E-state index in [1.165, 1.54) is 38.5 Å². The standard InChI is InChI=1S/C10H22O.C6H10O/c1-3-5-7-9-11-10-8-6-4-2;1-3-5-7-6-4-2/h3-10H2,1-2H3;3-4H,1-2,5-6H2. The van der Waals surface area contributed by atoms with Gasteiger partial charge in [0.05, 0.1) is 13.2 Å². The lowest BCUT2D eigenvalue weighted by molar-refractivity contribution is 0.126. The third-order valence-electron chi connectivity index (χ3n) is 2.26. The van der Waals surface area contributed by atoms with Crippen LogP contribution in [0.4, 0.5) is 0 Å². The van der Waals surface area contributed by atoms with E-state index in [1.807, 2.05) is 0 Å². The third kappa shape index (κ3) is 24.6. The topological polar surface area (TPSA) is 18.5 Å². The fourth-order valence-electron chi connectivity index (χ4n) is 1.25. The predicted octanol–water partition coefficient (Wildman–Crippen LogP) is 4.76. The van der Waals surface area contributed by atoms with Crippen LogP contribution in [0.3, 0.4) is 0 Å². The van der Waals surface area contributed by atoms with Crippen LogP contribution in [0.2, 0.25) is 0 Å². The van der Waals surface area contributed by atoms with E-state index in [9.17, 15) is 0 Å². The van der Waals surface area contributed by atoms with E-state index in [1.54, 1.807) is 12.2 Å². The molecule has 0 spiro atoms. The predicted molar refractivity (Wildman–Crippen MR) is 81.1 cm³/mol. The van der Waals surface area contributed by atoms with Gasteiger partial charge in [-0.2, -0.15) is 0 Å². The van der Waals surface area contributed by atoms with Gasteiger partial charge in [-0.3, -0.25) is 0 Å². The van der Waals surface area contributed by atoms with Crippen LogP contribution in [-0.4, -0.2) is 26.4 Å². The van der Waals surface area contributed by atoms with Crippen LogP contribution < -0.4 is 0 Å². The monoisotopic (exact) mass is 256 g/mol. The van der Waals surface area contributed by atoms with Crippen LogP contribution in [-0.2, 0) is 9.47 Å². The summed E-state index contributed by atoms with van der Waals surface area (Å²) in [5.41, 5.74) is 0. The van der Waals surface area contributed by atoms with E-state index in [2.05, 4.69) is 27.0 Å². The van der Waals surface area contributed by atoms with Gasteiger partial charge in [0.25, 0.3) is 0 Å². The molecular formula is C16H32O2. The fourth-order valence-corrected chi connectivity index (χ4v) is 1.25. The summed E-state index contributed by atoms with van der Waals surface area (Å²) in [6, 6.07) is 0. The zero-order chi connectivity index (χ0) is 13.9. The molecule has 108 valence electrons. The lowest BCUT2D eigenvalue weighted by Gasteiger charge is -2.01. The van der Waals surface area contributed by atoms with Crippen LogP contribution >= 0.6 is 0 Å². The van der Waals surface area contributed by atoms with Crippen LogP contribution in [0.25, 0.3) is 0 Å². The Morgan fingerprint density at radius 3 is 1.50 bits per heavy atom. The highest BCUT2D eigenvalue weighted by molar-refractivity contribution is 4.68. The van der Waals surface area contributed by atoms with Crippen molar-refractivity contribution in [1.29, 1.82) is 0 Å². The molecule has 0 heterocycles. The second-order valence-corrected chi connectivity index (χ2v) is 4.14. The van der Waals surface area contributed by atoms with Gasteiger partial charge >= 0.3 is 0 Å². The normalized spacial score (nSPS) is 9.44. The van der Waals surface area contributed by atoms with E-state index >= 15 is 0 Å². The minimum atomic E-state index is 0.617. The summed E-state index contributed by atoms with van der Waals surface area (Å²) in [6.45, 7) is 14.6. The lowest BCUT2D eigenvalue weighted by Crippen LogP contribution is -1.96. The number of ether oxygens (including phenoxy) is 2. The molecule has 0 amide bonds. The van der Waals surface area contributed by atoms with Crippen LogP contribution in [0, 0.1) is 0 Å². The maximum absolute atomic E-state index is 5.44. The summed E-state index contributed by atoms with van der Waals surface area (Å²) < 4.78 is 10.3. The van der Waals surface area contributed by atoms with Crippen LogP contribution in [0.1, 0.15) is 52.4 Å². The SMILES string of the molecule is C=CCOCC=C.CCCCCOCCCCC. The largest absolute Gasteiger partial charge is 0.381 e. The Morgan fingerprint density at radius 1 is 0.722 bits per heavy atom. The molecular weight excluding hydrogens is 224 g/mol. The molecule has 0 aromatic carbocycles. The van der Waals surface area contributed by atoms with Crippen molar-refractivity contribution in [2.75, 3.05) is 26.4 Å². The van der Waals surface area contributed by atoms with Gasteiger partial charge in [-0.05, 0) is 12.8 Å². The Kier molecular flexibility index (Phi) is 23.7. The van der Waals surface area contributed by atoms with Crippen molar-refractivity contribution < 1.29 is 9.47 Å². The fraction of sp³-hybridized carbons (Fsp3) is 0.750. The minimum Gasteiger partial charge on any atom is -0.381 e. The number of rotatable bonds is 12. The maximum Gasteiger partial charge on any atom is 0.0649 e. The number of hydrogen-bond donors (Lipinski definition) is 0. The van der Waals surface area contributed by atoms with Gasteiger partial charge in [0.1, 0.15) is 0 Å². The molecule has 2 heteroatoms. The molecule has 0 aliphatic heterocycles. The Hall–Kier alpha value is -0.600. The zero-order valence-corrected chi connectivity index (χ0v) is 12.5. The quantitative estimate of drug-likeness (QED) is 0.370. The van der Waals surface area contributed by atoms with Gasteiger partial charge in [-0.25, -0.2) is 0 Å². The van der Waals surface area contributed by atoms with Gasteiger partial charge in [0.15, 0.2) is 0 Å². The summed E-state index contributed by atoms with van der Waals surface area (Å²) >= 11 is 0. The molecule has 0 saturated heterocycles. The molecule has 2 nitrogen and oxygen atoms in total. The molecule has 0 aromatic rings. The van der Waals surface area contributed by atoms with E-state index < -0.39 is 0 Å². The summed E-state index contributed by atoms with van der Waals surface area (Å²) in [6.07, 6.45) is 11.1. The average molecular weight is 256 g/mol. The first-order valence-electron chi connectivity index (χ1n) is 7.20. The van der Waals surface area contributed by atoms with E-state index in [0.717, 1.165) is 13.2 Å². The van der Waals surface area contributed by atoms with E-state index in [-0.39, 0.29) is 0 Å². The Labute approximate surface area is 114 Å². The number of unbranched alkanes of at least 4 members (excludes halogenated alkanes) is 4. The van der Waals surface area contributed by atoms with Gasteiger partial charge in [0.2, 0.25) is 0 Å². The van der Waals surface area contributed by atoms with E-state index in [4.69, 9.17) is 9.47 Å². The van der Waals surface area contributed by atoms with Gasteiger partial charge in [-0.1, -0.05) is 51.7 Å². The van der Waals surface area contributed by atoms with Gasteiger partial charge in [-0.15, -0.1) is 13.2 Å². The smallest absolute Gasteiger partial charge is 0.0649 e. The number of hydrogen-bond acceptors (Lipinski definition) is 2. The molecule has 0 aliphatic carbocycles. The molecule has 0 aliphatic rings. The maximum atomic E-state index is 5.44. The molecule has 18 heavy (non-hydrogen) atoms. The first-order valence-corrected chi connectivity index (χ1v) is 7.20. The lowest BCUT2D eigenvalue weighted by atomic mass is 10.2. The first-order chi connectivity index (χ1) is 8.83. The third-order valence-corrected chi connectivity index (χ3v) is 2.26. The highest BCUT2D eigenvalue weighted by Gasteiger charge is 1.88. The van der Waals surface area contributed by atoms with Crippen molar-refractivity contribution in [2.24, 2.45) is 0 Å². The van der Waals surface area contributed by atoms with Crippen molar-refractivity contribution in [3.8, 4) is 0 Å². The Morgan fingerprint density at radius 2 is 1.17 bits per heavy atom. The average Bonchev–Trinajstić information content (AvgIpc) is 2.39. The first kappa shape index (κ1) is 19.7. The molecule has 0 unspecified atom stereocenters. The van der Waals surface area contributed by atoms with Crippen molar-refractivity contribution >= 4 is 0 Å². The highest BCUT2D eigenvalue weighted by atomic mass is 16.5. The molecule has 0 rings (SSSR count). The van der Waals surface area contributed by atoms with Crippen LogP contribution in [0.5, 0.6) is 0 Å². The zero-order valence-electron chi connectivity index (χ0n) is 12.5. The molecule has 0 fully saturated rings. The Bertz CT molecular complexity index is 139. The molecule has 0 atom stereocenters. The van der Waals surface area contributed by atoms with Gasteiger partial charge < -0.3 is 9.47 Å². The molecule has 0 saturated carbocycles. The summed E-state index contributed by atoms with van der Waals surface area (Å²) in [7, 11) is 0. The highest BCUT2D eigenvalue weighted by Crippen LogP contribution is 1.97. The second kappa shape index (κ2) is 21.7. The van der Waals surface area contributed by atoms with E-state index in [0.29, 0.717) is 13.2 Å². The van der Waals surface area contributed by atoms with Crippen molar-refractivity contribution in [3.63, 3.8) is 0 Å². The van der Waals surface area contributed by atoms with Crippen molar-refractivity contribution in [1.82, 2.24) is 0 Å². The van der Waals surface area contributed by atoms with Crippen molar-refractivity contribution in [2.45, 2.75) is 52.4 Å². The summed E-state index contributed by atoms with van der Waals surface area (Å²) in [5.74, 6) is 0. The summed E-state index contributed by atoms with van der Waals surface area (Å²) in [5, 5.41) is 0. The summed E-state index contributed by atoms with van der Waals surface area (Å²) in [4.78, 5) is 0. The molecule has 0 N–H and O–H groups in total. The van der Waals surface area contributed by atoms with Crippen LogP contribution in [0.15, 0.2) is 25.3 Å². The Balaban J connectivity index is 0. The minimum absolute atomic E-state index is 0.617. The molecule has 0 aromatic heterocycles. The van der Waals surface area contributed by atoms with Crippen molar-refractivity contribution in [3.05, 3.63) is 25.3 Å².